The topological polar surface area (TPSA) is 29.5 Å². The fraction of sp³-hybridized carbons (Fsp3) is 0.667. The van der Waals surface area contributed by atoms with Crippen molar-refractivity contribution in [3.05, 3.63) is 34.9 Å². The second-order valence-electron chi connectivity index (χ2n) is 8.93. The van der Waals surface area contributed by atoms with Gasteiger partial charge in [-0.1, -0.05) is 50.7 Å². The summed E-state index contributed by atoms with van der Waals surface area (Å²) in [7, 11) is 0. The first-order valence-corrected chi connectivity index (χ1v) is 10.6. The van der Waals surface area contributed by atoms with Gasteiger partial charge in [-0.15, -0.1) is 0 Å². The zero-order valence-electron chi connectivity index (χ0n) is 17.1. The summed E-state index contributed by atoms with van der Waals surface area (Å²) >= 11 is 0. The molecule has 3 rings (SSSR count). The van der Waals surface area contributed by atoms with Crippen LogP contribution in [0.1, 0.15) is 96.1 Å². The lowest BCUT2D eigenvalue weighted by Gasteiger charge is -2.46. The van der Waals surface area contributed by atoms with Gasteiger partial charge in [0.2, 0.25) is 0 Å². The van der Waals surface area contributed by atoms with Gasteiger partial charge in [0, 0.05) is 17.4 Å². The molecule has 0 radical (unpaired) electrons. The van der Waals surface area contributed by atoms with E-state index in [1.54, 1.807) is 0 Å². The van der Waals surface area contributed by atoms with E-state index < -0.39 is 0 Å². The van der Waals surface area contributed by atoms with E-state index in [0.717, 1.165) is 30.6 Å². The predicted molar refractivity (Wildman–Crippen MR) is 109 cm³/mol. The van der Waals surface area contributed by atoms with Crippen LogP contribution in [-0.2, 0) is 6.42 Å². The lowest BCUT2D eigenvalue weighted by Crippen LogP contribution is -2.45. The molecule has 0 amide bonds. The van der Waals surface area contributed by atoms with Crippen LogP contribution in [0.4, 0.5) is 0 Å². The fourth-order valence-corrected chi connectivity index (χ4v) is 4.83. The normalized spacial score (nSPS) is 23.6. The highest BCUT2D eigenvalue weighted by Crippen LogP contribution is 2.53. The molecule has 2 aliphatic rings. The number of unbranched alkanes of at least 4 members (excludes halogenated alkanes) is 5. The molecule has 0 spiro atoms. The Kier molecular flexibility index (Phi) is 5.99. The average molecular weight is 357 g/mol. The number of benzene rings is 1. The highest BCUT2D eigenvalue weighted by Gasteiger charge is 2.45. The summed E-state index contributed by atoms with van der Waals surface area (Å²) in [5, 5.41) is 10.8. The van der Waals surface area contributed by atoms with Crippen molar-refractivity contribution in [2.45, 2.75) is 97.0 Å². The molecule has 1 aromatic carbocycles. The first-order chi connectivity index (χ1) is 12.4. The molecule has 0 fully saturated rings. The van der Waals surface area contributed by atoms with Crippen LogP contribution in [0.15, 0.2) is 23.8 Å². The zero-order valence-corrected chi connectivity index (χ0v) is 17.1. The van der Waals surface area contributed by atoms with Crippen LogP contribution in [0.5, 0.6) is 11.5 Å². The molecule has 1 aliphatic heterocycles. The maximum atomic E-state index is 10.8. The third-order valence-electron chi connectivity index (χ3n) is 6.35. The number of hydrogen-bond donors (Lipinski definition) is 1. The minimum Gasteiger partial charge on any atom is -0.507 e. The van der Waals surface area contributed by atoms with Gasteiger partial charge in [-0.3, -0.25) is 0 Å². The van der Waals surface area contributed by atoms with Gasteiger partial charge in [0.1, 0.15) is 17.1 Å². The highest BCUT2D eigenvalue weighted by atomic mass is 16.5. The van der Waals surface area contributed by atoms with Gasteiger partial charge < -0.3 is 9.84 Å². The second-order valence-corrected chi connectivity index (χ2v) is 8.93. The molecule has 1 heterocycles. The molecular formula is C24H36O2. The first kappa shape index (κ1) is 19.3. The van der Waals surface area contributed by atoms with Crippen LogP contribution >= 0.6 is 0 Å². The third kappa shape index (κ3) is 4.10. The molecule has 26 heavy (non-hydrogen) atoms. The number of hydrogen-bond acceptors (Lipinski definition) is 2. The van der Waals surface area contributed by atoms with Crippen LogP contribution in [0, 0.1) is 5.92 Å². The van der Waals surface area contributed by atoms with Gasteiger partial charge in [0.15, 0.2) is 0 Å². The molecule has 0 saturated carbocycles. The minimum atomic E-state index is -0.180. The maximum Gasteiger partial charge on any atom is 0.127 e. The summed E-state index contributed by atoms with van der Waals surface area (Å²) in [4.78, 5) is 0. The summed E-state index contributed by atoms with van der Waals surface area (Å²) < 4.78 is 6.42. The van der Waals surface area contributed by atoms with Crippen molar-refractivity contribution in [2.24, 2.45) is 5.92 Å². The number of ether oxygens (including phenoxy) is 1. The Morgan fingerprint density at radius 2 is 1.85 bits per heavy atom. The maximum absolute atomic E-state index is 10.8. The van der Waals surface area contributed by atoms with Gasteiger partial charge in [-0.2, -0.15) is 0 Å². The molecule has 2 heteroatoms. The van der Waals surface area contributed by atoms with Crippen molar-refractivity contribution in [2.75, 3.05) is 0 Å². The van der Waals surface area contributed by atoms with Crippen LogP contribution in [-0.4, -0.2) is 10.7 Å². The lowest BCUT2D eigenvalue weighted by molar-refractivity contribution is 0.0107. The molecule has 2 unspecified atom stereocenters. The Bertz CT molecular complexity index is 656. The first-order valence-electron chi connectivity index (χ1n) is 10.6. The van der Waals surface area contributed by atoms with Crippen LogP contribution < -0.4 is 4.74 Å². The number of allylic oxidation sites excluding steroid dienone is 2. The lowest BCUT2D eigenvalue weighted by atomic mass is 9.68. The largest absolute Gasteiger partial charge is 0.507 e. The Labute approximate surface area is 159 Å². The molecule has 0 saturated heterocycles. The Morgan fingerprint density at radius 3 is 2.62 bits per heavy atom. The van der Waals surface area contributed by atoms with E-state index in [1.165, 1.54) is 49.7 Å². The summed E-state index contributed by atoms with van der Waals surface area (Å²) in [6.07, 6.45) is 13.4. The third-order valence-corrected chi connectivity index (χ3v) is 6.35. The van der Waals surface area contributed by atoms with E-state index in [4.69, 9.17) is 4.74 Å². The summed E-state index contributed by atoms with van der Waals surface area (Å²) in [5.41, 5.74) is 3.48. The van der Waals surface area contributed by atoms with Crippen LogP contribution in [0.3, 0.4) is 0 Å². The van der Waals surface area contributed by atoms with Gasteiger partial charge in [0.05, 0.1) is 0 Å². The van der Waals surface area contributed by atoms with Crippen LogP contribution in [0.2, 0.25) is 0 Å². The van der Waals surface area contributed by atoms with Gasteiger partial charge in [-0.25, -0.2) is 0 Å². The van der Waals surface area contributed by atoms with Crippen molar-refractivity contribution in [1.82, 2.24) is 0 Å². The number of phenols is 1. The monoisotopic (exact) mass is 356 g/mol. The van der Waals surface area contributed by atoms with Gasteiger partial charge in [-0.05, 0) is 64.2 Å². The Morgan fingerprint density at radius 1 is 1.12 bits per heavy atom. The van der Waals surface area contributed by atoms with Crippen LogP contribution in [0.25, 0.3) is 0 Å². The SMILES string of the molecule is CCCCCCCCc1cc(O)c2c(c1)OC(C)(C)C1CCC(C)=CC21. The molecule has 2 atom stereocenters. The standard InChI is InChI=1S/C24H36O2/c1-5-6-7-8-9-10-11-18-15-21(25)23-19-14-17(2)12-13-20(19)24(3,4)26-22(23)16-18/h14-16,19-20,25H,5-13H2,1-4H3. The van der Waals surface area contributed by atoms with Crippen molar-refractivity contribution in [3.63, 3.8) is 0 Å². The summed E-state index contributed by atoms with van der Waals surface area (Å²) in [6, 6.07) is 4.18. The molecule has 144 valence electrons. The number of aryl methyl sites for hydroxylation is 1. The van der Waals surface area contributed by atoms with Crippen molar-refractivity contribution >= 4 is 0 Å². The Hall–Kier alpha value is -1.44. The molecule has 0 bridgehead atoms. The van der Waals surface area contributed by atoms with E-state index in [0.29, 0.717) is 11.7 Å². The van der Waals surface area contributed by atoms with Gasteiger partial charge >= 0.3 is 0 Å². The number of aromatic hydroxyl groups is 1. The molecule has 1 aromatic rings. The number of phenolic OH excluding ortho intramolecular Hbond substituents is 1. The van der Waals surface area contributed by atoms with Crippen molar-refractivity contribution < 1.29 is 9.84 Å². The predicted octanol–water partition coefficient (Wildman–Crippen LogP) is 6.91. The zero-order chi connectivity index (χ0) is 18.7. The number of rotatable bonds is 7. The quantitative estimate of drug-likeness (QED) is 0.425. The van der Waals surface area contributed by atoms with Crippen molar-refractivity contribution in [3.8, 4) is 11.5 Å². The average Bonchev–Trinajstić information content (AvgIpc) is 2.56. The van der Waals surface area contributed by atoms with E-state index in [1.807, 2.05) is 6.07 Å². The summed E-state index contributed by atoms with van der Waals surface area (Å²) in [6.45, 7) is 8.88. The molecule has 1 N–H and O–H groups in total. The summed E-state index contributed by atoms with van der Waals surface area (Å²) in [5.74, 6) is 2.06. The number of fused-ring (bicyclic) bond motifs is 3. The smallest absolute Gasteiger partial charge is 0.127 e. The molecule has 0 aromatic heterocycles. The van der Waals surface area contributed by atoms with E-state index >= 15 is 0 Å². The minimum absolute atomic E-state index is 0.180. The molecular weight excluding hydrogens is 320 g/mol. The van der Waals surface area contributed by atoms with E-state index in [9.17, 15) is 5.11 Å². The molecule has 1 aliphatic carbocycles. The van der Waals surface area contributed by atoms with E-state index in [2.05, 4.69) is 39.8 Å². The second kappa shape index (κ2) is 8.06. The van der Waals surface area contributed by atoms with Crippen molar-refractivity contribution in [1.29, 1.82) is 0 Å². The molecule has 2 nitrogen and oxygen atoms in total. The highest BCUT2D eigenvalue weighted by molar-refractivity contribution is 5.53. The van der Waals surface area contributed by atoms with E-state index in [-0.39, 0.29) is 11.5 Å². The Balaban J connectivity index is 1.76. The fourth-order valence-electron chi connectivity index (χ4n) is 4.83. The van der Waals surface area contributed by atoms with Gasteiger partial charge in [0.25, 0.3) is 0 Å².